The van der Waals surface area contributed by atoms with Crippen molar-refractivity contribution in [2.24, 2.45) is 0 Å². The number of hydrogen-bond donors (Lipinski definition) is 1. The minimum atomic E-state index is -0.660. The van der Waals surface area contributed by atoms with Crippen molar-refractivity contribution in [3.8, 4) is 5.75 Å². The molecule has 3 aromatic carbocycles. The van der Waals surface area contributed by atoms with Gasteiger partial charge in [-0.1, -0.05) is 78.9 Å². The summed E-state index contributed by atoms with van der Waals surface area (Å²) in [4.78, 5) is 28.2. The molecule has 0 bridgehead atoms. The maximum Gasteiger partial charge on any atom is 0.261 e. The molecule has 0 saturated heterocycles. The fourth-order valence-electron chi connectivity index (χ4n) is 3.46. The minimum Gasteiger partial charge on any atom is -0.484 e. The molecule has 0 heterocycles. The summed E-state index contributed by atoms with van der Waals surface area (Å²) < 4.78 is 5.72. The molecular formula is C27H30N2O3. The van der Waals surface area contributed by atoms with E-state index in [4.69, 9.17) is 4.74 Å². The van der Waals surface area contributed by atoms with Gasteiger partial charge in [0.1, 0.15) is 11.8 Å². The van der Waals surface area contributed by atoms with E-state index in [1.54, 1.807) is 4.90 Å². The molecule has 0 aliphatic heterocycles. The first-order chi connectivity index (χ1) is 15.5. The number of carbonyl (C=O) groups is 2. The Balaban J connectivity index is 1.87. The average Bonchev–Trinajstić information content (AvgIpc) is 2.81. The van der Waals surface area contributed by atoms with Crippen LogP contribution in [0.25, 0.3) is 0 Å². The van der Waals surface area contributed by atoms with Gasteiger partial charge in [0.15, 0.2) is 6.61 Å². The fourth-order valence-corrected chi connectivity index (χ4v) is 3.46. The highest BCUT2D eigenvalue weighted by Gasteiger charge is 2.31. The number of nitrogens with one attached hydrogen (secondary N) is 1. The monoisotopic (exact) mass is 430 g/mol. The Labute approximate surface area is 190 Å². The summed E-state index contributed by atoms with van der Waals surface area (Å²) in [6, 6.07) is 28.0. The lowest BCUT2D eigenvalue weighted by molar-refractivity contribution is -0.143. The molecule has 1 atom stereocenters. The van der Waals surface area contributed by atoms with Gasteiger partial charge in [-0.2, -0.15) is 0 Å². The second-order valence-corrected chi connectivity index (χ2v) is 7.98. The number of para-hydroxylation sites is 1. The van der Waals surface area contributed by atoms with Gasteiger partial charge in [-0.15, -0.1) is 0 Å². The molecule has 3 aromatic rings. The van der Waals surface area contributed by atoms with Crippen molar-refractivity contribution in [3.63, 3.8) is 0 Å². The predicted octanol–water partition coefficient (Wildman–Crippen LogP) is 4.23. The first-order valence-electron chi connectivity index (χ1n) is 10.9. The zero-order chi connectivity index (χ0) is 22.8. The van der Waals surface area contributed by atoms with Gasteiger partial charge in [0.05, 0.1) is 0 Å². The van der Waals surface area contributed by atoms with Crippen LogP contribution in [0.1, 0.15) is 25.0 Å². The van der Waals surface area contributed by atoms with Crippen LogP contribution in [0, 0.1) is 0 Å². The van der Waals surface area contributed by atoms with Gasteiger partial charge in [0.25, 0.3) is 5.91 Å². The maximum absolute atomic E-state index is 13.4. The van der Waals surface area contributed by atoms with E-state index >= 15 is 0 Å². The van der Waals surface area contributed by atoms with E-state index in [0.717, 1.165) is 11.1 Å². The Morgan fingerprint density at radius 2 is 1.34 bits per heavy atom. The van der Waals surface area contributed by atoms with Gasteiger partial charge >= 0.3 is 0 Å². The van der Waals surface area contributed by atoms with Crippen LogP contribution in [-0.2, 0) is 22.6 Å². The Hall–Kier alpha value is -3.60. The predicted molar refractivity (Wildman–Crippen MR) is 126 cm³/mol. The molecule has 5 heteroatoms. The fraction of sp³-hybridized carbons (Fsp3) is 0.259. The summed E-state index contributed by atoms with van der Waals surface area (Å²) in [6.07, 6.45) is 0.420. The van der Waals surface area contributed by atoms with Crippen molar-refractivity contribution >= 4 is 11.8 Å². The second-order valence-electron chi connectivity index (χ2n) is 7.98. The number of carbonyl (C=O) groups excluding carboxylic acids is 2. The Kier molecular flexibility index (Phi) is 8.44. The van der Waals surface area contributed by atoms with Gasteiger partial charge in [0, 0.05) is 19.0 Å². The van der Waals surface area contributed by atoms with Crippen LogP contribution >= 0.6 is 0 Å². The SMILES string of the molecule is CC(C)NC(=O)C(Cc1ccccc1)N(Cc1ccccc1)C(=O)COc1ccccc1. The van der Waals surface area contributed by atoms with Gasteiger partial charge < -0.3 is 15.0 Å². The summed E-state index contributed by atoms with van der Waals surface area (Å²) >= 11 is 0. The minimum absolute atomic E-state index is 0.0324. The number of ether oxygens (including phenoxy) is 1. The van der Waals surface area contributed by atoms with E-state index < -0.39 is 6.04 Å². The lowest BCUT2D eigenvalue weighted by Crippen LogP contribution is -2.52. The van der Waals surface area contributed by atoms with Crippen molar-refractivity contribution in [2.75, 3.05) is 6.61 Å². The van der Waals surface area contributed by atoms with E-state index in [0.29, 0.717) is 18.7 Å². The first kappa shape index (κ1) is 23.1. The molecule has 3 rings (SSSR count). The first-order valence-corrected chi connectivity index (χ1v) is 10.9. The molecule has 5 nitrogen and oxygen atoms in total. The number of nitrogens with zero attached hydrogens (tertiary/aromatic N) is 1. The van der Waals surface area contributed by atoms with Crippen LogP contribution in [0.15, 0.2) is 91.0 Å². The maximum atomic E-state index is 13.4. The van der Waals surface area contributed by atoms with Crippen molar-refractivity contribution in [3.05, 3.63) is 102 Å². The summed E-state index contributed by atoms with van der Waals surface area (Å²) in [7, 11) is 0. The second kappa shape index (κ2) is 11.7. The summed E-state index contributed by atoms with van der Waals surface area (Å²) in [5, 5.41) is 2.98. The Morgan fingerprint density at radius 3 is 1.91 bits per heavy atom. The molecule has 0 fully saturated rings. The highest BCUT2D eigenvalue weighted by molar-refractivity contribution is 5.88. The molecule has 1 unspecified atom stereocenters. The molecule has 1 N–H and O–H groups in total. The largest absolute Gasteiger partial charge is 0.484 e. The topological polar surface area (TPSA) is 58.6 Å². The normalized spacial score (nSPS) is 11.6. The number of amides is 2. The number of benzene rings is 3. The summed E-state index contributed by atoms with van der Waals surface area (Å²) in [5.41, 5.74) is 1.95. The van der Waals surface area contributed by atoms with Gasteiger partial charge in [0.2, 0.25) is 5.91 Å². The zero-order valence-corrected chi connectivity index (χ0v) is 18.6. The van der Waals surface area contributed by atoms with E-state index in [-0.39, 0.29) is 24.5 Å². The molecule has 0 spiro atoms. The van der Waals surface area contributed by atoms with Gasteiger partial charge in [-0.25, -0.2) is 0 Å². The molecule has 0 aromatic heterocycles. The Bertz CT molecular complexity index is 976. The zero-order valence-electron chi connectivity index (χ0n) is 18.6. The molecule has 0 aliphatic carbocycles. The van der Waals surface area contributed by atoms with Crippen LogP contribution in [0.5, 0.6) is 5.75 Å². The highest BCUT2D eigenvalue weighted by Crippen LogP contribution is 2.16. The van der Waals surface area contributed by atoms with E-state index in [1.807, 2.05) is 105 Å². The lowest BCUT2D eigenvalue weighted by atomic mass is 10.0. The molecule has 32 heavy (non-hydrogen) atoms. The molecule has 2 amide bonds. The third-order valence-corrected chi connectivity index (χ3v) is 5.00. The number of rotatable bonds is 10. The van der Waals surface area contributed by atoms with Crippen molar-refractivity contribution in [1.29, 1.82) is 0 Å². The molecule has 166 valence electrons. The third-order valence-electron chi connectivity index (χ3n) is 5.00. The van der Waals surface area contributed by atoms with Gasteiger partial charge in [-0.3, -0.25) is 9.59 Å². The summed E-state index contributed by atoms with van der Waals surface area (Å²) in [5.74, 6) is 0.206. The smallest absolute Gasteiger partial charge is 0.261 e. The van der Waals surface area contributed by atoms with Crippen LogP contribution in [0.2, 0.25) is 0 Å². The van der Waals surface area contributed by atoms with Crippen LogP contribution < -0.4 is 10.1 Å². The van der Waals surface area contributed by atoms with E-state index in [9.17, 15) is 9.59 Å². The van der Waals surface area contributed by atoms with Crippen molar-refractivity contribution in [2.45, 2.75) is 38.9 Å². The van der Waals surface area contributed by atoms with Crippen molar-refractivity contribution < 1.29 is 14.3 Å². The lowest BCUT2D eigenvalue weighted by Gasteiger charge is -2.32. The van der Waals surface area contributed by atoms with E-state index in [1.165, 1.54) is 0 Å². The number of hydrogen-bond acceptors (Lipinski definition) is 3. The highest BCUT2D eigenvalue weighted by atomic mass is 16.5. The Morgan fingerprint density at radius 1 is 0.812 bits per heavy atom. The summed E-state index contributed by atoms with van der Waals surface area (Å²) in [6.45, 7) is 4.01. The van der Waals surface area contributed by atoms with Crippen molar-refractivity contribution in [1.82, 2.24) is 10.2 Å². The standard InChI is InChI=1S/C27H30N2O3/c1-21(2)28-27(31)25(18-22-12-6-3-7-13-22)29(19-23-14-8-4-9-15-23)26(30)20-32-24-16-10-5-11-17-24/h3-17,21,25H,18-20H2,1-2H3,(H,28,31). The average molecular weight is 431 g/mol. The van der Waals surface area contributed by atoms with E-state index in [2.05, 4.69) is 5.32 Å². The van der Waals surface area contributed by atoms with Gasteiger partial charge in [-0.05, 0) is 37.1 Å². The van der Waals surface area contributed by atoms with Crippen LogP contribution in [0.3, 0.4) is 0 Å². The van der Waals surface area contributed by atoms with Crippen LogP contribution in [-0.4, -0.2) is 35.4 Å². The third kappa shape index (κ3) is 6.98. The molecule has 0 aliphatic rings. The molecule has 0 saturated carbocycles. The molecular weight excluding hydrogens is 400 g/mol. The molecule has 0 radical (unpaired) electrons. The quantitative estimate of drug-likeness (QED) is 0.524. The van der Waals surface area contributed by atoms with Crippen LogP contribution in [0.4, 0.5) is 0 Å².